The number of nitrogens with zero attached hydrogens (tertiary/aromatic N) is 1. The first-order chi connectivity index (χ1) is 12.6. The van der Waals surface area contributed by atoms with Crippen molar-refractivity contribution >= 4 is 27.3 Å². The third-order valence-corrected chi connectivity index (χ3v) is 7.35. The highest BCUT2D eigenvalue weighted by molar-refractivity contribution is 7.92. The van der Waals surface area contributed by atoms with Crippen molar-refractivity contribution in [2.24, 2.45) is 0 Å². The van der Waals surface area contributed by atoms with E-state index in [2.05, 4.69) is 4.72 Å². The fourth-order valence-corrected chi connectivity index (χ4v) is 5.44. The number of sulfonamides is 1. The van der Waals surface area contributed by atoms with Crippen molar-refractivity contribution in [1.82, 2.24) is 0 Å². The van der Waals surface area contributed by atoms with Crippen LogP contribution in [-0.2, 0) is 14.8 Å². The summed E-state index contributed by atoms with van der Waals surface area (Å²) < 4.78 is 29.3. The number of carbonyl (C=O) groups excluding carboxylic acids is 1. The van der Waals surface area contributed by atoms with Gasteiger partial charge in [0.2, 0.25) is 5.91 Å². The van der Waals surface area contributed by atoms with Crippen LogP contribution in [-0.4, -0.2) is 20.9 Å². The number of carbonyl (C=O) groups is 1. The third kappa shape index (κ3) is 3.34. The van der Waals surface area contributed by atoms with Crippen LogP contribution in [0, 0.1) is 34.6 Å². The fraction of sp³-hybridized carbons (Fsp3) is 0.381. The van der Waals surface area contributed by atoms with Gasteiger partial charge in [-0.25, -0.2) is 8.42 Å². The van der Waals surface area contributed by atoms with Gasteiger partial charge in [-0.2, -0.15) is 0 Å². The van der Waals surface area contributed by atoms with Gasteiger partial charge in [-0.1, -0.05) is 12.1 Å². The highest BCUT2D eigenvalue weighted by Crippen LogP contribution is 2.34. The molecule has 1 saturated heterocycles. The first kappa shape index (κ1) is 19.4. The maximum absolute atomic E-state index is 13.3. The van der Waals surface area contributed by atoms with Crippen molar-refractivity contribution in [3.63, 3.8) is 0 Å². The Bertz CT molecular complexity index is 997. The molecule has 1 N–H and O–H groups in total. The van der Waals surface area contributed by atoms with Crippen LogP contribution in [0.1, 0.15) is 40.7 Å². The lowest BCUT2D eigenvalue weighted by Crippen LogP contribution is -2.26. The number of para-hydroxylation sites is 2. The minimum Gasteiger partial charge on any atom is -0.310 e. The van der Waals surface area contributed by atoms with E-state index in [1.54, 1.807) is 23.1 Å². The lowest BCUT2D eigenvalue weighted by Gasteiger charge is -2.22. The van der Waals surface area contributed by atoms with Crippen LogP contribution >= 0.6 is 0 Å². The second kappa shape index (κ2) is 7.00. The standard InChI is InChI=1S/C21H26N2O3S/c1-13-14(2)16(4)21(17(5)15(13)3)27(25,26)22-18-9-6-7-10-19(18)23-12-8-11-20(23)24/h6-7,9-10,22H,8,11-12H2,1-5H3. The number of amides is 1. The topological polar surface area (TPSA) is 66.5 Å². The van der Waals surface area contributed by atoms with Gasteiger partial charge >= 0.3 is 0 Å². The second-order valence-corrected chi connectivity index (χ2v) is 8.84. The molecule has 0 bridgehead atoms. The Kier molecular flexibility index (Phi) is 5.04. The van der Waals surface area contributed by atoms with Crippen LogP contribution in [0.3, 0.4) is 0 Å². The van der Waals surface area contributed by atoms with Crippen molar-refractivity contribution in [1.29, 1.82) is 0 Å². The molecule has 0 aliphatic carbocycles. The molecule has 0 saturated carbocycles. The van der Waals surface area contributed by atoms with Crippen LogP contribution in [0.5, 0.6) is 0 Å². The normalized spacial score (nSPS) is 14.7. The predicted octanol–water partition coefficient (Wildman–Crippen LogP) is 4.16. The average Bonchev–Trinajstić information content (AvgIpc) is 3.04. The summed E-state index contributed by atoms with van der Waals surface area (Å²) in [6.45, 7) is 10.2. The van der Waals surface area contributed by atoms with Gasteiger partial charge < -0.3 is 4.90 Å². The second-order valence-electron chi connectivity index (χ2n) is 7.23. The predicted molar refractivity (Wildman–Crippen MR) is 109 cm³/mol. The lowest BCUT2D eigenvalue weighted by molar-refractivity contribution is -0.117. The Morgan fingerprint density at radius 2 is 1.44 bits per heavy atom. The molecule has 0 spiro atoms. The minimum atomic E-state index is -3.79. The van der Waals surface area contributed by atoms with Gasteiger partial charge in [0.15, 0.2) is 0 Å². The summed E-state index contributed by atoms with van der Waals surface area (Å²) in [6.07, 6.45) is 1.28. The van der Waals surface area contributed by atoms with E-state index in [0.29, 0.717) is 29.2 Å². The Morgan fingerprint density at radius 1 is 0.889 bits per heavy atom. The average molecular weight is 387 g/mol. The summed E-state index contributed by atoms with van der Waals surface area (Å²) in [6, 6.07) is 7.08. The molecule has 144 valence electrons. The zero-order valence-electron chi connectivity index (χ0n) is 16.5. The molecular weight excluding hydrogens is 360 g/mol. The van der Waals surface area contributed by atoms with Gasteiger partial charge in [0.05, 0.1) is 16.3 Å². The zero-order valence-corrected chi connectivity index (χ0v) is 17.3. The van der Waals surface area contributed by atoms with E-state index in [9.17, 15) is 13.2 Å². The van der Waals surface area contributed by atoms with Crippen LogP contribution in [0.25, 0.3) is 0 Å². The molecule has 2 aromatic rings. The Morgan fingerprint density at radius 3 is 2.00 bits per heavy atom. The van der Waals surface area contributed by atoms with E-state index < -0.39 is 10.0 Å². The molecule has 27 heavy (non-hydrogen) atoms. The molecule has 0 unspecified atom stereocenters. The molecule has 1 heterocycles. The highest BCUT2D eigenvalue weighted by Gasteiger charge is 2.27. The van der Waals surface area contributed by atoms with E-state index >= 15 is 0 Å². The van der Waals surface area contributed by atoms with E-state index in [0.717, 1.165) is 34.2 Å². The number of anilines is 2. The summed E-state index contributed by atoms with van der Waals surface area (Å²) in [5.74, 6) is 0.0241. The maximum atomic E-state index is 13.3. The highest BCUT2D eigenvalue weighted by atomic mass is 32.2. The molecule has 1 fully saturated rings. The largest absolute Gasteiger partial charge is 0.310 e. The molecule has 5 nitrogen and oxygen atoms in total. The van der Waals surface area contributed by atoms with Gasteiger partial charge in [-0.05, 0) is 81.0 Å². The van der Waals surface area contributed by atoms with Crippen LogP contribution in [0.15, 0.2) is 29.2 Å². The third-order valence-electron chi connectivity index (χ3n) is 5.71. The van der Waals surface area contributed by atoms with Crippen molar-refractivity contribution < 1.29 is 13.2 Å². The summed E-state index contributed by atoms with van der Waals surface area (Å²) in [4.78, 5) is 14.1. The monoisotopic (exact) mass is 386 g/mol. The van der Waals surface area contributed by atoms with Crippen LogP contribution in [0.2, 0.25) is 0 Å². The van der Waals surface area contributed by atoms with Crippen molar-refractivity contribution in [2.75, 3.05) is 16.2 Å². The number of benzene rings is 2. The minimum absolute atomic E-state index is 0.0241. The van der Waals surface area contributed by atoms with E-state index in [1.807, 2.05) is 40.7 Å². The number of nitrogens with one attached hydrogen (secondary N) is 1. The van der Waals surface area contributed by atoms with Gasteiger partial charge in [-0.15, -0.1) is 0 Å². The van der Waals surface area contributed by atoms with Crippen LogP contribution < -0.4 is 9.62 Å². The molecule has 1 amide bonds. The Hall–Kier alpha value is -2.34. The Balaban J connectivity index is 2.09. The molecule has 0 atom stereocenters. The smallest absolute Gasteiger partial charge is 0.262 e. The molecule has 1 aliphatic heterocycles. The van der Waals surface area contributed by atoms with Crippen molar-refractivity contribution in [2.45, 2.75) is 52.4 Å². The first-order valence-electron chi connectivity index (χ1n) is 9.14. The van der Waals surface area contributed by atoms with Gasteiger partial charge in [-0.3, -0.25) is 9.52 Å². The van der Waals surface area contributed by atoms with Crippen LogP contribution in [0.4, 0.5) is 11.4 Å². The van der Waals surface area contributed by atoms with E-state index in [1.165, 1.54) is 0 Å². The van der Waals surface area contributed by atoms with Gasteiger partial charge in [0, 0.05) is 13.0 Å². The Labute approximate surface area is 161 Å². The molecule has 0 radical (unpaired) electrons. The molecule has 1 aliphatic rings. The summed E-state index contributed by atoms with van der Waals surface area (Å²) in [5.41, 5.74) is 5.66. The van der Waals surface area contributed by atoms with Crippen molar-refractivity contribution in [3.05, 3.63) is 52.1 Å². The molecule has 0 aromatic heterocycles. The first-order valence-corrected chi connectivity index (χ1v) is 10.6. The fourth-order valence-electron chi connectivity index (χ4n) is 3.76. The SMILES string of the molecule is Cc1c(C)c(C)c(S(=O)(=O)Nc2ccccc2N2CCCC2=O)c(C)c1C. The number of rotatable bonds is 4. The summed E-state index contributed by atoms with van der Waals surface area (Å²) in [7, 11) is -3.79. The summed E-state index contributed by atoms with van der Waals surface area (Å²) in [5, 5.41) is 0. The van der Waals surface area contributed by atoms with E-state index in [4.69, 9.17) is 0 Å². The number of hydrogen-bond donors (Lipinski definition) is 1. The van der Waals surface area contributed by atoms with Gasteiger partial charge in [0.25, 0.3) is 10.0 Å². The zero-order chi connectivity index (χ0) is 19.9. The maximum Gasteiger partial charge on any atom is 0.262 e. The molecule has 3 rings (SSSR count). The quantitative estimate of drug-likeness (QED) is 0.858. The molecule has 2 aromatic carbocycles. The van der Waals surface area contributed by atoms with E-state index in [-0.39, 0.29) is 5.91 Å². The van der Waals surface area contributed by atoms with Gasteiger partial charge in [0.1, 0.15) is 0 Å². The molecular formula is C21H26N2O3S. The van der Waals surface area contributed by atoms with Crippen molar-refractivity contribution in [3.8, 4) is 0 Å². The summed E-state index contributed by atoms with van der Waals surface area (Å²) >= 11 is 0. The molecule has 6 heteroatoms. The lowest BCUT2D eigenvalue weighted by atomic mass is 9.95. The number of hydrogen-bond acceptors (Lipinski definition) is 3.